The van der Waals surface area contributed by atoms with Crippen LogP contribution in [0.4, 0.5) is 20.3 Å². The van der Waals surface area contributed by atoms with Crippen LogP contribution in [0.5, 0.6) is 0 Å². The average molecular weight is 510 g/mol. The second-order valence-corrected chi connectivity index (χ2v) is 9.56. The Balaban J connectivity index is 1.89. The second-order valence-electron chi connectivity index (χ2n) is 9.56. The maximum Gasteiger partial charge on any atom is 0.407 e. The number of aryl methyl sites for hydroxylation is 1. The van der Waals surface area contributed by atoms with Crippen LogP contribution in [0.3, 0.4) is 0 Å². The Hall–Kier alpha value is -3.31. The third-order valence-electron chi connectivity index (χ3n) is 4.83. The Morgan fingerprint density at radius 1 is 0.806 bits per heavy atom. The molecule has 0 aromatic carbocycles. The van der Waals surface area contributed by atoms with E-state index in [0.717, 1.165) is 51.4 Å². The molecular formula is C24H43N7O5. The van der Waals surface area contributed by atoms with Gasteiger partial charge in [-0.25, -0.2) is 19.4 Å². The van der Waals surface area contributed by atoms with Crippen molar-refractivity contribution >= 4 is 24.1 Å². The number of nitrogens with one attached hydrogen (secondary N) is 6. The highest BCUT2D eigenvalue weighted by molar-refractivity contribution is 5.87. The number of aromatic amines is 1. The zero-order valence-electron chi connectivity index (χ0n) is 22.1. The Kier molecular flexibility index (Phi) is 14.7. The Labute approximate surface area is 213 Å². The predicted octanol–water partition coefficient (Wildman–Crippen LogP) is 3.14. The molecule has 0 bridgehead atoms. The van der Waals surface area contributed by atoms with Crippen molar-refractivity contribution in [1.29, 1.82) is 0 Å². The fraction of sp³-hybridized carbons (Fsp3) is 0.708. The Bertz CT molecular complexity index is 867. The number of hydrogen-bond donors (Lipinski definition) is 6. The van der Waals surface area contributed by atoms with Gasteiger partial charge in [0.2, 0.25) is 5.95 Å². The first-order valence-corrected chi connectivity index (χ1v) is 12.7. The first kappa shape index (κ1) is 30.7. The molecule has 0 aliphatic rings. The number of H-pyrrole nitrogens is 1. The van der Waals surface area contributed by atoms with Crippen molar-refractivity contribution < 1.29 is 19.1 Å². The quantitative estimate of drug-likeness (QED) is 0.199. The summed E-state index contributed by atoms with van der Waals surface area (Å²) in [6, 6.07) is 0.766. The first-order chi connectivity index (χ1) is 17.0. The van der Waals surface area contributed by atoms with E-state index in [-0.39, 0.29) is 17.5 Å². The molecule has 6 N–H and O–H groups in total. The fourth-order valence-electron chi connectivity index (χ4n) is 3.17. The van der Waals surface area contributed by atoms with E-state index < -0.39 is 17.7 Å². The van der Waals surface area contributed by atoms with Crippen LogP contribution in [-0.4, -0.2) is 59.9 Å². The first-order valence-electron chi connectivity index (χ1n) is 12.7. The zero-order chi connectivity index (χ0) is 26.8. The molecule has 0 atom stereocenters. The molecule has 36 heavy (non-hydrogen) atoms. The van der Waals surface area contributed by atoms with E-state index in [9.17, 15) is 19.2 Å². The molecule has 12 nitrogen and oxygen atoms in total. The van der Waals surface area contributed by atoms with E-state index in [1.54, 1.807) is 6.92 Å². The number of rotatable bonds is 15. The summed E-state index contributed by atoms with van der Waals surface area (Å²) in [4.78, 5) is 53.0. The predicted molar refractivity (Wildman–Crippen MR) is 139 cm³/mol. The maximum atomic E-state index is 11.8. The molecule has 204 valence electrons. The number of aromatic nitrogens is 2. The van der Waals surface area contributed by atoms with Crippen molar-refractivity contribution in [3.8, 4) is 0 Å². The highest BCUT2D eigenvalue weighted by atomic mass is 16.6. The van der Waals surface area contributed by atoms with E-state index in [1.807, 2.05) is 20.8 Å². The minimum atomic E-state index is -0.487. The van der Waals surface area contributed by atoms with Crippen LogP contribution >= 0.6 is 0 Å². The normalized spacial score (nSPS) is 10.9. The van der Waals surface area contributed by atoms with Gasteiger partial charge in [-0.15, -0.1) is 0 Å². The summed E-state index contributed by atoms with van der Waals surface area (Å²) in [6.45, 7) is 9.47. The molecule has 12 heteroatoms. The lowest BCUT2D eigenvalue weighted by Gasteiger charge is -2.19. The molecule has 0 radical (unpaired) electrons. The third-order valence-corrected chi connectivity index (χ3v) is 4.83. The van der Waals surface area contributed by atoms with Gasteiger partial charge in [-0.2, -0.15) is 0 Å². The summed E-state index contributed by atoms with van der Waals surface area (Å²) in [7, 11) is 0. The summed E-state index contributed by atoms with van der Waals surface area (Å²) < 4.78 is 5.17. The van der Waals surface area contributed by atoms with Crippen LogP contribution in [0.25, 0.3) is 0 Å². The van der Waals surface area contributed by atoms with Crippen molar-refractivity contribution in [2.45, 2.75) is 84.7 Å². The molecule has 0 saturated carbocycles. The highest BCUT2D eigenvalue weighted by Crippen LogP contribution is 2.06. The maximum absolute atomic E-state index is 11.8. The fourth-order valence-corrected chi connectivity index (χ4v) is 3.17. The standard InChI is InChI=1S/C24H43N7O5/c1-18-17-19(32)30-20(29-18)31-22(34)27-15-11-6-5-9-13-25-21(33)26-14-10-7-8-12-16-28-23(35)36-24(2,3)4/h17H,5-16H2,1-4H3,(H,28,35)(H2,25,26,33)(H3,27,29,30,31,32,34). The van der Waals surface area contributed by atoms with Crippen molar-refractivity contribution in [2.24, 2.45) is 0 Å². The molecular weight excluding hydrogens is 466 g/mol. The molecule has 0 saturated heterocycles. The summed E-state index contributed by atoms with van der Waals surface area (Å²) >= 11 is 0. The number of anilines is 1. The number of urea groups is 2. The van der Waals surface area contributed by atoms with Crippen LogP contribution in [-0.2, 0) is 4.74 Å². The summed E-state index contributed by atoms with van der Waals surface area (Å²) in [5.41, 5.74) is -0.279. The SMILES string of the molecule is Cc1cc(=O)[nH]c(NC(=O)NCCCCCCNC(=O)NCCCCCCNC(=O)OC(C)(C)C)n1. The number of nitrogens with zero attached hydrogens (tertiary/aromatic N) is 1. The van der Waals surface area contributed by atoms with Crippen molar-refractivity contribution in [3.05, 3.63) is 22.1 Å². The van der Waals surface area contributed by atoms with Crippen LogP contribution < -0.4 is 32.1 Å². The van der Waals surface area contributed by atoms with E-state index in [4.69, 9.17) is 4.74 Å². The van der Waals surface area contributed by atoms with Gasteiger partial charge in [0.15, 0.2) is 0 Å². The van der Waals surface area contributed by atoms with Gasteiger partial charge in [-0.3, -0.25) is 15.1 Å². The van der Waals surface area contributed by atoms with Gasteiger partial charge in [-0.1, -0.05) is 25.7 Å². The lowest BCUT2D eigenvalue weighted by Crippen LogP contribution is -2.36. The molecule has 0 aliphatic carbocycles. The van der Waals surface area contributed by atoms with E-state index in [0.29, 0.717) is 31.9 Å². The lowest BCUT2D eigenvalue weighted by molar-refractivity contribution is 0.0527. The van der Waals surface area contributed by atoms with Gasteiger partial charge in [0.1, 0.15) is 5.60 Å². The molecule has 0 unspecified atom stereocenters. The zero-order valence-corrected chi connectivity index (χ0v) is 22.1. The Morgan fingerprint density at radius 3 is 1.75 bits per heavy atom. The summed E-state index contributed by atoms with van der Waals surface area (Å²) in [5.74, 6) is 0.120. The van der Waals surface area contributed by atoms with Crippen molar-refractivity contribution in [1.82, 2.24) is 31.2 Å². The smallest absolute Gasteiger partial charge is 0.407 e. The van der Waals surface area contributed by atoms with E-state index in [1.165, 1.54) is 6.07 Å². The number of unbranched alkanes of at least 4 members (excludes halogenated alkanes) is 6. The van der Waals surface area contributed by atoms with Crippen LogP contribution in [0.15, 0.2) is 10.9 Å². The monoisotopic (exact) mass is 509 g/mol. The summed E-state index contributed by atoms with van der Waals surface area (Å²) in [6.07, 6.45) is 6.84. The molecule has 0 aliphatic heterocycles. The van der Waals surface area contributed by atoms with Crippen molar-refractivity contribution in [3.63, 3.8) is 0 Å². The number of alkyl carbamates (subject to hydrolysis) is 1. The van der Waals surface area contributed by atoms with Gasteiger partial charge >= 0.3 is 18.2 Å². The number of ether oxygens (including phenoxy) is 1. The summed E-state index contributed by atoms with van der Waals surface area (Å²) in [5, 5.41) is 13.6. The van der Waals surface area contributed by atoms with E-state index in [2.05, 4.69) is 36.6 Å². The number of carbonyl (C=O) groups excluding carboxylic acids is 3. The van der Waals surface area contributed by atoms with E-state index >= 15 is 0 Å². The molecule has 1 aromatic rings. The number of carbonyl (C=O) groups is 3. The number of hydrogen-bond acceptors (Lipinski definition) is 6. The molecule has 5 amide bonds. The van der Waals surface area contributed by atoms with Gasteiger partial charge in [0.25, 0.3) is 5.56 Å². The van der Waals surface area contributed by atoms with Gasteiger partial charge in [0.05, 0.1) is 0 Å². The Morgan fingerprint density at radius 2 is 1.28 bits per heavy atom. The number of amides is 5. The average Bonchev–Trinajstić information content (AvgIpc) is 2.75. The molecule has 0 spiro atoms. The van der Waals surface area contributed by atoms with Crippen molar-refractivity contribution in [2.75, 3.05) is 31.5 Å². The molecule has 1 heterocycles. The molecule has 0 fully saturated rings. The second kappa shape index (κ2) is 17.2. The minimum absolute atomic E-state index is 0.120. The molecule has 1 rings (SSSR count). The van der Waals surface area contributed by atoms with Gasteiger partial charge in [0, 0.05) is 37.9 Å². The topological polar surface area (TPSA) is 166 Å². The van der Waals surface area contributed by atoms with Gasteiger partial charge in [-0.05, 0) is 53.4 Å². The molecule has 1 aromatic heterocycles. The van der Waals surface area contributed by atoms with Gasteiger partial charge < -0.3 is 26.0 Å². The lowest BCUT2D eigenvalue weighted by atomic mass is 10.2. The largest absolute Gasteiger partial charge is 0.444 e. The highest BCUT2D eigenvalue weighted by Gasteiger charge is 2.15. The van der Waals surface area contributed by atoms with Crippen LogP contribution in [0, 0.1) is 6.92 Å². The van der Waals surface area contributed by atoms with Crippen LogP contribution in [0.1, 0.15) is 77.8 Å². The van der Waals surface area contributed by atoms with Crippen LogP contribution in [0.2, 0.25) is 0 Å². The third kappa shape index (κ3) is 17.2. The minimum Gasteiger partial charge on any atom is -0.444 e.